The Kier molecular flexibility index (Phi) is 3.91. The number of carbonyl (C=O) groups is 1. The van der Waals surface area contributed by atoms with Crippen LogP contribution >= 0.6 is 0 Å². The summed E-state index contributed by atoms with van der Waals surface area (Å²) in [6, 6.07) is 10.3. The van der Waals surface area contributed by atoms with Crippen molar-refractivity contribution in [2.75, 3.05) is 13.1 Å². The minimum absolute atomic E-state index is 0.229. The lowest BCUT2D eigenvalue weighted by Crippen LogP contribution is -2.45. The molecule has 1 aliphatic heterocycles. The van der Waals surface area contributed by atoms with E-state index in [0.29, 0.717) is 11.8 Å². The number of hydrogen-bond donors (Lipinski definition) is 1. The van der Waals surface area contributed by atoms with E-state index < -0.39 is 0 Å². The van der Waals surface area contributed by atoms with Crippen molar-refractivity contribution in [1.82, 2.24) is 15.1 Å². The predicted octanol–water partition coefficient (Wildman–Crippen LogP) is 3.23. The van der Waals surface area contributed by atoms with Crippen molar-refractivity contribution in [2.24, 2.45) is 5.92 Å². The molecule has 1 aliphatic carbocycles. The highest BCUT2D eigenvalue weighted by atomic mass is 16.2. The van der Waals surface area contributed by atoms with Crippen molar-refractivity contribution < 1.29 is 4.79 Å². The van der Waals surface area contributed by atoms with Gasteiger partial charge in [-0.1, -0.05) is 30.3 Å². The summed E-state index contributed by atoms with van der Waals surface area (Å²) in [6.07, 6.45) is 7.17. The van der Waals surface area contributed by atoms with Crippen LogP contribution in [0.2, 0.25) is 0 Å². The van der Waals surface area contributed by atoms with Gasteiger partial charge in [-0.05, 0) is 56.1 Å². The standard InChI is InChI=1S/C20H25N3O/c1-15-13-21-22-18(15)12-16-6-5-11-23(14-16)19(24)20(9-10-20)17-7-3-2-4-8-17/h2-4,7-8,13,16H,5-6,9-12,14H2,1H3,(H,21,22)/t16-/m1/s1. The maximum absolute atomic E-state index is 13.2. The van der Waals surface area contributed by atoms with Crippen molar-refractivity contribution >= 4 is 5.91 Å². The van der Waals surface area contributed by atoms with Crippen LogP contribution in [0.25, 0.3) is 0 Å². The van der Waals surface area contributed by atoms with Gasteiger partial charge in [-0.2, -0.15) is 5.10 Å². The third kappa shape index (κ3) is 2.74. The highest BCUT2D eigenvalue weighted by Gasteiger charge is 2.53. The van der Waals surface area contributed by atoms with Crippen LogP contribution in [-0.2, 0) is 16.6 Å². The van der Waals surface area contributed by atoms with E-state index in [-0.39, 0.29) is 5.41 Å². The van der Waals surface area contributed by atoms with E-state index in [1.807, 2.05) is 24.4 Å². The fourth-order valence-electron chi connectivity index (χ4n) is 4.10. The molecule has 0 unspecified atom stereocenters. The van der Waals surface area contributed by atoms with E-state index in [0.717, 1.165) is 38.8 Å². The molecule has 24 heavy (non-hydrogen) atoms. The van der Waals surface area contributed by atoms with Crippen LogP contribution in [0.1, 0.15) is 42.5 Å². The Morgan fingerprint density at radius 3 is 2.79 bits per heavy atom. The zero-order valence-electron chi connectivity index (χ0n) is 14.3. The summed E-state index contributed by atoms with van der Waals surface area (Å²) in [5.74, 6) is 0.883. The molecule has 126 valence electrons. The zero-order valence-corrected chi connectivity index (χ0v) is 14.3. The van der Waals surface area contributed by atoms with Gasteiger partial charge in [0.2, 0.25) is 5.91 Å². The number of likely N-dealkylation sites (tertiary alicyclic amines) is 1. The quantitative estimate of drug-likeness (QED) is 0.939. The van der Waals surface area contributed by atoms with Crippen LogP contribution in [0.5, 0.6) is 0 Å². The summed E-state index contributed by atoms with van der Waals surface area (Å²) in [5.41, 5.74) is 3.41. The molecule has 1 saturated heterocycles. The summed E-state index contributed by atoms with van der Waals surface area (Å²) in [7, 11) is 0. The van der Waals surface area contributed by atoms with E-state index >= 15 is 0 Å². The topological polar surface area (TPSA) is 49.0 Å². The number of aromatic amines is 1. The first kappa shape index (κ1) is 15.4. The molecule has 1 aromatic carbocycles. The lowest BCUT2D eigenvalue weighted by atomic mass is 9.89. The Labute approximate surface area is 143 Å². The van der Waals surface area contributed by atoms with Gasteiger partial charge in [0.25, 0.3) is 0 Å². The van der Waals surface area contributed by atoms with Gasteiger partial charge >= 0.3 is 0 Å². The van der Waals surface area contributed by atoms with Gasteiger partial charge in [-0.25, -0.2) is 0 Å². The highest BCUT2D eigenvalue weighted by molar-refractivity contribution is 5.91. The van der Waals surface area contributed by atoms with E-state index in [1.54, 1.807) is 0 Å². The molecule has 1 N–H and O–H groups in total. The molecule has 4 rings (SSSR count). The molecule has 0 spiro atoms. The normalized spacial score (nSPS) is 22.4. The van der Waals surface area contributed by atoms with E-state index in [1.165, 1.54) is 23.2 Å². The van der Waals surface area contributed by atoms with E-state index in [9.17, 15) is 4.79 Å². The number of amides is 1. The second-order valence-electron chi connectivity index (χ2n) is 7.44. The molecule has 1 aromatic heterocycles. The van der Waals surface area contributed by atoms with Crippen molar-refractivity contribution in [1.29, 1.82) is 0 Å². The summed E-state index contributed by atoms with van der Waals surface area (Å²) in [6.45, 7) is 3.89. The number of benzene rings is 1. The van der Waals surface area contributed by atoms with Crippen LogP contribution in [0.3, 0.4) is 0 Å². The SMILES string of the molecule is Cc1cn[nH]c1C[C@H]1CCCN(C(=O)C2(c3ccccc3)CC2)C1. The molecule has 4 nitrogen and oxygen atoms in total. The Morgan fingerprint density at radius 2 is 2.12 bits per heavy atom. The van der Waals surface area contributed by atoms with Gasteiger partial charge in [0.15, 0.2) is 0 Å². The number of aromatic nitrogens is 2. The minimum Gasteiger partial charge on any atom is -0.342 e. The highest BCUT2D eigenvalue weighted by Crippen LogP contribution is 2.50. The van der Waals surface area contributed by atoms with Gasteiger partial charge < -0.3 is 4.90 Å². The van der Waals surface area contributed by atoms with Crippen LogP contribution in [0.4, 0.5) is 0 Å². The van der Waals surface area contributed by atoms with Gasteiger partial charge in [-0.3, -0.25) is 9.89 Å². The fraction of sp³-hybridized carbons (Fsp3) is 0.500. The fourth-order valence-corrected chi connectivity index (χ4v) is 4.10. The molecule has 0 radical (unpaired) electrons. The molecular formula is C20H25N3O. The second kappa shape index (κ2) is 6.08. The maximum Gasteiger partial charge on any atom is 0.233 e. The first-order valence-corrected chi connectivity index (χ1v) is 9.03. The Morgan fingerprint density at radius 1 is 1.33 bits per heavy atom. The Bertz CT molecular complexity index is 717. The molecule has 1 saturated carbocycles. The zero-order chi connectivity index (χ0) is 16.6. The summed E-state index contributed by atoms with van der Waals surface area (Å²) >= 11 is 0. The summed E-state index contributed by atoms with van der Waals surface area (Å²) in [4.78, 5) is 15.3. The van der Waals surface area contributed by atoms with Gasteiger partial charge in [0.05, 0.1) is 11.6 Å². The van der Waals surface area contributed by atoms with Crippen molar-refractivity contribution in [2.45, 2.75) is 44.4 Å². The van der Waals surface area contributed by atoms with Gasteiger partial charge in [-0.15, -0.1) is 0 Å². The number of rotatable bonds is 4. The number of nitrogens with one attached hydrogen (secondary N) is 1. The molecule has 1 amide bonds. The van der Waals surface area contributed by atoms with Gasteiger partial charge in [0.1, 0.15) is 0 Å². The lowest BCUT2D eigenvalue weighted by Gasteiger charge is -2.35. The second-order valence-corrected chi connectivity index (χ2v) is 7.44. The molecule has 2 heterocycles. The third-order valence-corrected chi connectivity index (χ3v) is 5.72. The number of carbonyl (C=O) groups excluding carboxylic acids is 1. The predicted molar refractivity (Wildman–Crippen MR) is 93.7 cm³/mol. The smallest absolute Gasteiger partial charge is 0.233 e. The molecule has 0 bridgehead atoms. The van der Waals surface area contributed by atoms with Crippen LogP contribution in [0.15, 0.2) is 36.5 Å². The monoisotopic (exact) mass is 323 g/mol. The van der Waals surface area contributed by atoms with Crippen molar-refractivity contribution in [3.8, 4) is 0 Å². The largest absolute Gasteiger partial charge is 0.342 e. The molecular weight excluding hydrogens is 298 g/mol. The maximum atomic E-state index is 13.2. The van der Waals surface area contributed by atoms with E-state index in [4.69, 9.17) is 0 Å². The van der Waals surface area contributed by atoms with Crippen molar-refractivity contribution in [3.63, 3.8) is 0 Å². The number of aryl methyl sites for hydroxylation is 1. The number of H-pyrrole nitrogens is 1. The van der Waals surface area contributed by atoms with Gasteiger partial charge in [0, 0.05) is 18.8 Å². The van der Waals surface area contributed by atoms with Crippen molar-refractivity contribution in [3.05, 3.63) is 53.3 Å². The summed E-state index contributed by atoms with van der Waals surface area (Å²) in [5, 5.41) is 7.24. The first-order chi connectivity index (χ1) is 11.7. The van der Waals surface area contributed by atoms with Crippen LogP contribution in [0, 0.1) is 12.8 Å². The Hall–Kier alpha value is -2.10. The number of piperidine rings is 1. The molecule has 1 atom stereocenters. The molecule has 4 heteroatoms. The van der Waals surface area contributed by atoms with E-state index in [2.05, 4.69) is 34.2 Å². The summed E-state index contributed by atoms with van der Waals surface area (Å²) < 4.78 is 0. The number of hydrogen-bond acceptors (Lipinski definition) is 2. The molecule has 2 aromatic rings. The van der Waals surface area contributed by atoms with Crippen LogP contribution in [-0.4, -0.2) is 34.1 Å². The minimum atomic E-state index is -0.229. The Balaban J connectivity index is 1.46. The third-order valence-electron chi connectivity index (χ3n) is 5.72. The lowest BCUT2D eigenvalue weighted by molar-refractivity contribution is -0.135. The molecule has 2 fully saturated rings. The molecule has 2 aliphatic rings. The average molecular weight is 323 g/mol. The average Bonchev–Trinajstić information content (AvgIpc) is 3.34. The van der Waals surface area contributed by atoms with Crippen LogP contribution < -0.4 is 0 Å². The number of nitrogens with zero attached hydrogens (tertiary/aromatic N) is 2. The first-order valence-electron chi connectivity index (χ1n) is 9.03.